The van der Waals surface area contributed by atoms with Gasteiger partial charge in [-0.1, -0.05) is 25.4 Å². The summed E-state index contributed by atoms with van der Waals surface area (Å²) >= 11 is 5.73. The molecule has 1 rings (SSSR count). The molecule has 0 aliphatic heterocycles. The topological polar surface area (TPSA) is 19.4 Å². The molecule has 0 saturated carbocycles. The zero-order chi connectivity index (χ0) is 13.7. The van der Waals surface area contributed by atoms with Crippen molar-refractivity contribution < 1.29 is 4.39 Å². The zero-order valence-electron chi connectivity index (χ0n) is 11.5. The van der Waals surface area contributed by atoms with E-state index in [1.807, 2.05) is 19.0 Å². The van der Waals surface area contributed by atoms with Gasteiger partial charge in [-0.2, -0.15) is 0 Å². The van der Waals surface area contributed by atoms with Gasteiger partial charge in [-0.25, -0.2) is 9.37 Å². The van der Waals surface area contributed by atoms with E-state index in [-0.39, 0.29) is 5.82 Å². The van der Waals surface area contributed by atoms with Crippen molar-refractivity contribution in [2.24, 2.45) is 5.92 Å². The van der Waals surface area contributed by atoms with Gasteiger partial charge >= 0.3 is 0 Å². The van der Waals surface area contributed by atoms with Crippen molar-refractivity contribution in [2.45, 2.75) is 13.8 Å². The summed E-state index contributed by atoms with van der Waals surface area (Å²) < 4.78 is 13.9. The van der Waals surface area contributed by atoms with Gasteiger partial charge in [0.1, 0.15) is 0 Å². The highest BCUT2D eigenvalue weighted by Crippen LogP contribution is 2.20. The van der Waals surface area contributed by atoms with E-state index >= 15 is 0 Å². The average Bonchev–Trinajstić information content (AvgIpc) is 2.24. The van der Waals surface area contributed by atoms with Gasteiger partial charge in [-0.05, 0) is 26.1 Å². The van der Waals surface area contributed by atoms with Crippen LogP contribution in [0.3, 0.4) is 0 Å². The summed E-state index contributed by atoms with van der Waals surface area (Å²) in [5.74, 6) is 0.473. The molecule has 0 N–H and O–H groups in total. The van der Waals surface area contributed by atoms with Gasteiger partial charge < -0.3 is 9.80 Å². The molecule has 0 aromatic carbocycles. The maximum atomic E-state index is 13.9. The molecule has 102 valence electrons. The number of pyridine rings is 1. The minimum atomic E-state index is -0.359. The molecule has 0 saturated heterocycles. The second-order valence-corrected chi connectivity index (χ2v) is 5.54. The predicted octanol–water partition coefficient (Wildman–Crippen LogP) is 2.90. The Balaban J connectivity index is 2.86. The summed E-state index contributed by atoms with van der Waals surface area (Å²) in [7, 11) is 4.00. The Morgan fingerprint density at radius 2 is 2.00 bits per heavy atom. The second-order valence-electron chi connectivity index (χ2n) is 5.10. The van der Waals surface area contributed by atoms with Crippen LogP contribution in [0, 0.1) is 11.7 Å². The first kappa shape index (κ1) is 15.2. The number of nitrogens with zero attached hydrogens (tertiary/aromatic N) is 3. The molecule has 0 amide bonds. The standard InChI is InChI=1S/C13H21ClFN3/c1-10(2)9-18(6-5-17(3)4)13-12(15)7-11(14)8-16-13/h7-8,10H,5-6,9H2,1-4H3. The van der Waals surface area contributed by atoms with E-state index in [2.05, 4.69) is 23.7 Å². The third kappa shape index (κ3) is 4.78. The molecule has 0 aliphatic carbocycles. The molecule has 1 aromatic heterocycles. The van der Waals surface area contributed by atoms with Crippen molar-refractivity contribution in [3.8, 4) is 0 Å². The van der Waals surface area contributed by atoms with E-state index in [4.69, 9.17) is 11.6 Å². The molecule has 0 fully saturated rings. The summed E-state index contributed by atoms with van der Waals surface area (Å²) in [5.41, 5.74) is 0. The van der Waals surface area contributed by atoms with Crippen molar-refractivity contribution in [3.63, 3.8) is 0 Å². The number of halogens is 2. The highest BCUT2D eigenvalue weighted by Gasteiger charge is 2.15. The van der Waals surface area contributed by atoms with E-state index in [1.54, 1.807) is 0 Å². The monoisotopic (exact) mass is 273 g/mol. The van der Waals surface area contributed by atoms with Gasteiger partial charge in [0.05, 0.1) is 5.02 Å². The molecule has 1 heterocycles. The quantitative estimate of drug-likeness (QED) is 0.794. The average molecular weight is 274 g/mol. The lowest BCUT2D eigenvalue weighted by molar-refractivity contribution is 0.407. The second kappa shape index (κ2) is 6.90. The first-order valence-electron chi connectivity index (χ1n) is 6.11. The minimum absolute atomic E-state index is 0.327. The first-order chi connectivity index (χ1) is 8.40. The first-order valence-corrected chi connectivity index (χ1v) is 6.48. The van der Waals surface area contributed by atoms with Crippen LogP contribution in [-0.2, 0) is 0 Å². The third-order valence-electron chi connectivity index (χ3n) is 2.49. The van der Waals surface area contributed by atoms with Crippen molar-refractivity contribution in [3.05, 3.63) is 23.1 Å². The lowest BCUT2D eigenvalue weighted by atomic mass is 10.2. The molecule has 0 bridgehead atoms. The van der Waals surface area contributed by atoms with Crippen LogP contribution < -0.4 is 4.90 Å². The summed E-state index contributed by atoms with van der Waals surface area (Å²) in [5, 5.41) is 0.327. The fraction of sp³-hybridized carbons (Fsp3) is 0.615. The molecular weight excluding hydrogens is 253 g/mol. The van der Waals surface area contributed by atoms with Gasteiger partial charge in [-0.3, -0.25) is 0 Å². The Bertz CT molecular complexity index is 382. The maximum Gasteiger partial charge on any atom is 0.167 e. The van der Waals surface area contributed by atoms with E-state index in [9.17, 15) is 4.39 Å². The van der Waals surface area contributed by atoms with Crippen molar-refractivity contribution in [1.82, 2.24) is 9.88 Å². The Kier molecular flexibility index (Phi) is 5.82. The van der Waals surface area contributed by atoms with Crippen molar-refractivity contribution >= 4 is 17.4 Å². The van der Waals surface area contributed by atoms with Crippen LogP contribution in [0.2, 0.25) is 5.02 Å². The molecule has 0 aliphatic rings. The van der Waals surface area contributed by atoms with Crippen LogP contribution in [0.1, 0.15) is 13.8 Å². The molecule has 0 spiro atoms. The summed E-state index contributed by atoms with van der Waals surface area (Å²) in [6.45, 7) is 6.60. The third-order valence-corrected chi connectivity index (χ3v) is 2.70. The molecule has 0 unspecified atom stereocenters. The number of hydrogen-bond acceptors (Lipinski definition) is 3. The van der Waals surface area contributed by atoms with E-state index in [1.165, 1.54) is 12.3 Å². The minimum Gasteiger partial charge on any atom is -0.353 e. The molecule has 3 nitrogen and oxygen atoms in total. The molecule has 0 atom stereocenters. The van der Waals surface area contributed by atoms with E-state index in [0.717, 1.165) is 19.6 Å². The number of aromatic nitrogens is 1. The Labute approximate surface area is 114 Å². The van der Waals surface area contributed by atoms with Crippen LogP contribution >= 0.6 is 11.6 Å². The summed E-state index contributed by atoms with van der Waals surface area (Å²) in [6.07, 6.45) is 1.49. The lowest BCUT2D eigenvalue weighted by Gasteiger charge is -2.27. The molecular formula is C13H21ClFN3. The largest absolute Gasteiger partial charge is 0.353 e. The SMILES string of the molecule is CC(C)CN(CCN(C)C)c1ncc(Cl)cc1F. The molecule has 18 heavy (non-hydrogen) atoms. The van der Waals surface area contributed by atoms with Gasteiger partial charge in [0, 0.05) is 25.8 Å². The molecule has 1 aromatic rings. The fourth-order valence-corrected chi connectivity index (χ4v) is 1.83. The number of hydrogen-bond donors (Lipinski definition) is 0. The van der Waals surface area contributed by atoms with Gasteiger partial charge in [0.2, 0.25) is 0 Å². The number of likely N-dealkylation sites (N-methyl/N-ethyl adjacent to an activating group) is 1. The van der Waals surface area contributed by atoms with Crippen LogP contribution in [0.25, 0.3) is 0 Å². The van der Waals surface area contributed by atoms with E-state index in [0.29, 0.717) is 16.8 Å². The highest BCUT2D eigenvalue weighted by molar-refractivity contribution is 6.30. The number of rotatable bonds is 6. The van der Waals surface area contributed by atoms with Gasteiger partial charge in [0.25, 0.3) is 0 Å². The Morgan fingerprint density at radius 1 is 1.33 bits per heavy atom. The lowest BCUT2D eigenvalue weighted by Crippen LogP contribution is -2.35. The highest BCUT2D eigenvalue weighted by atomic mass is 35.5. The zero-order valence-corrected chi connectivity index (χ0v) is 12.2. The fourth-order valence-electron chi connectivity index (χ4n) is 1.69. The van der Waals surface area contributed by atoms with Gasteiger partial charge in [0.15, 0.2) is 11.6 Å². The smallest absolute Gasteiger partial charge is 0.167 e. The van der Waals surface area contributed by atoms with Crippen molar-refractivity contribution in [2.75, 3.05) is 38.6 Å². The predicted molar refractivity (Wildman–Crippen MR) is 74.8 cm³/mol. The van der Waals surface area contributed by atoms with Gasteiger partial charge in [-0.15, -0.1) is 0 Å². The summed E-state index contributed by atoms with van der Waals surface area (Å²) in [4.78, 5) is 8.15. The molecule has 5 heteroatoms. The Hall–Kier alpha value is -0.870. The van der Waals surface area contributed by atoms with Crippen LogP contribution in [-0.4, -0.2) is 43.6 Å². The van der Waals surface area contributed by atoms with Crippen molar-refractivity contribution in [1.29, 1.82) is 0 Å². The van der Waals surface area contributed by atoms with Crippen LogP contribution in [0.5, 0.6) is 0 Å². The summed E-state index contributed by atoms with van der Waals surface area (Å²) in [6, 6.07) is 1.31. The van der Waals surface area contributed by atoms with Crippen LogP contribution in [0.15, 0.2) is 12.3 Å². The maximum absolute atomic E-state index is 13.9. The molecule has 0 radical (unpaired) electrons. The number of anilines is 1. The normalized spacial score (nSPS) is 11.3. The van der Waals surface area contributed by atoms with E-state index < -0.39 is 0 Å². The Morgan fingerprint density at radius 3 is 2.50 bits per heavy atom. The van der Waals surface area contributed by atoms with Crippen LogP contribution in [0.4, 0.5) is 10.2 Å².